The van der Waals surface area contributed by atoms with Crippen LogP contribution in [0, 0.1) is 40.9 Å². The Bertz CT molecular complexity index is 971. The van der Waals surface area contributed by atoms with Crippen LogP contribution < -0.4 is 5.32 Å². The molecule has 3 aliphatic rings. The van der Waals surface area contributed by atoms with E-state index in [4.69, 9.17) is 4.74 Å². The number of dihydropyridines is 1. The molecule has 2 N–H and O–H groups in total. The lowest BCUT2D eigenvalue weighted by atomic mass is 9.61. The van der Waals surface area contributed by atoms with Crippen LogP contribution in [0.2, 0.25) is 0 Å². The van der Waals surface area contributed by atoms with Crippen molar-refractivity contribution in [2.45, 2.75) is 32.8 Å². The van der Waals surface area contributed by atoms with E-state index in [-0.39, 0.29) is 36.4 Å². The van der Waals surface area contributed by atoms with Crippen LogP contribution in [-0.4, -0.2) is 30.3 Å². The Kier molecular flexibility index (Phi) is 6.29. The number of benzene rings is 1. The zero-order valence-corrected chi connectivity index (χ0v) is 18.1. The van der Waals surface area contributed by atoms with Crippen molar-refractivity contribution >= 4 is 11.5 Å². The number of rotatable bonds is 5. The highest BCUT2D eigenvalue weighted by Crippen LogP contribution is 2.50. The van der Waals surface area contributed by atoms with Gasteiger partial charge >= 0.3 is 5.97 Å². The van der Waals surface area contributed by atoms with Gasteiger partial charge in [0.2, 0.25) is 0 Å². The fourth-order valence-electron chi connectivity index (χ4n) is 5.69. The Morgan fingerprint density at radius 2 is 2.10 bits per heavy atom. The molecule has 1 unspecified atom stereocenters. The summed E-state index contributed by atoms with van der Waals surface area (Å²) in [6.45, 7) is 4.99. The van der Waals surface area contributed by atoms with Gasteiger partial charge in [-0.05, 0) is 66.9 Å². The maximum atomic E-state index is 12.4. The molecule has 1 aliphatic carbocycles. The minimum absolute atomic E-state index is 0.0446. The molecule has 1 aromatic carbocycles. The number of hydrogen-bond acceptors (Lipinski definition) is 5. The summed E-state index contributed by atoms with van der Waals surface area (Å²) in [6, 6.07) is 9.90. The van der Waals surface area contributed by atoms with E-state index >= 15 is 0 Å². The molecule has 0 aromatic heterocycles. The first-order valence-corrected chi connectivity index (χ1v) is 11.2. The van der Waals surface area contributed by atoms with Crippen LogP contribution in [0.15, 0.2) is 54.3 Å². The Labute approximate surface area is 184 Å². The van der Waals surface area contributed by atoms with E-state index in [2.05, 4.69) is 36.5 Å². The number of nitrogens with zero attached hydrogens (tertiary/aromatic N) is 1. The number of ether oxygens (including phenoxy) is 1. The number of hydrogen-bond donors (Lipinski definition) is 2. The average Bonchev–Trinajstić information content (AvgIpc) is 3.07. The van der Waals surface area contributed by atoms with Crippen LogP contribution in [0.1, 0.15) is 37.8 Å². The quantitative estimate of drug-likeness (QED) is 0.711. The predicted molar refractivity (Wildman–Crippen MR) is 119 cm³/mol. The van der Waals surface area contributed by atoms with E-state index in [9.17, 15) is 15.2 Å². The summed E-state index contributed by atoms with van der Waals surface area (Å²) in [7, 11) is 0. The number of carbonyl (C=O) groups is 1. The van der Waals surface area contributed by atoms with Gasteiger partial charge in [0.05, 0.1) is 17.6 Å². The summed E-state index contributed by atoms with van der Waals surface area (Å²) in [5.74, 6) is 0.935. The highest BCUT2D eigenvalue weighted by molar-refractivity contribution is 5.76. The van der Waals surface area contributed by atoms with Gasteiger partial charge in [0.25, 0.3) is 0 Å². The summed E-state index contributed by atoms with van der Waals surface area (Å²) in [4.78, 5) is 12.4. The van der Waals surface area contributed by atoms with Crippen molar-refractivity contribution in [2.75, 3.05) is 13.2 Å². The number of aliphatic hydroxyl groups excluding tert-OH is 1. The third kappa shape index (κ3) is 4.18. The molecule has 0 amide bonds. The number of carbonyl (C=O) groups excluding carboxylic acids is 1. The van der Waals surface area contributed by atoms with Gasteiger partial charge in [-0.2, -0.15) is 5.26 Å². The molecule has 2 fully saturated rings. The van der Waals surface area contributed by atoms with E-state index in [1.807, 2.05) is 37.3 Å². The zero-order valence-electron chi connectivity index (χ0n) is 18.1. The number of fused-ring (bicyclic) bond motifs is 1. The second-order valence-electron chi connectivity index (χ2n) is 8.98. The van der Waals surface area contributed by atoms with Crippen LogP contribution in [0.4, 0.5) is 0 Å². The molecule has 2 aliphatic heterocycles. The van der Waals surface area contributed by atoms with Crippen molar-refractivity contribution in [3.8, 4) is 6.07 Å². The van der Waals surface area contributed by atoms with Crippen LogP contribution in [0.25, 0.3) is 5.57 Å². The molecule has 5 nitrogen and oxygen atoms in total. The molecule has 0 bridgehead atoms. The topological polar surface area (TPSA) is 82.4 Å². The van der Waals surface area contributed by atoms with Crippen LogP contribution in [0.5, 0.6) is 0 Å². The average molecular weight is 419 g/mol. The molecule has 31 heavy (non-hydrogen) atoms. The second-order valence-corrected chi connectivity index (χ2v) is 8.98. The summed E-state index contributed by atoms with van der Waals surface area (Å²) in [5, 5.41) is 22.4. The standard InChI is InChI=1S/C26H30N2O3/c1-16-13-24-25(17(2)31-26(24)30)23(21(16)11-12-29)10-9-20-8-7-19(15-28-20)22-6-4-3-5-18(22)14-27/h3-10,16-17,21,23-25,28-29H,11-13,15H2,1-2H3/b10-9+/t16-,17+,21?,23-,24+,25-/m0/s1. The molecule has 4 rings (SSSR count). The van der Waals surface area contributed by atoms with Crippen molar-refractivity contribution in [1.29, 1.82) is 5.26 Å². The Morgan fingerprint density at radius 1 is 1.29 bits per heavy atom. The van der Waals surface area contributed by atoms with Gasteiger partial charge in [0.15, 0.2) is 0 Å². The summed E-state index contributed by atoms with van der Waals surface area (Å²) >= 11 is 0. The largest absolute Gasteiger partial charge is 0.462 e. The van der Waals surface area contributed by atoms with Crippen molar-refractivity contribution in [2.24, 2.45) is 29.6 Å². The van der Waals surface area contributed by atoms with Gasteiger partial charge in [-0.3, -0.25) is 4.79 Å². The van der Waals surface area contributed by atoms with Crippen molar-refractivity contribution in [3.63, 3.8) is 0 Å². The van der Waals surface area contributed by atoms with Gasteiger partial charge in [0.1, 0.15) is 6.10 Å². The predicted octanol–water partition coefficient (Wildman–Crippen LogP) is 3.82. The van der Waals surface area contributed by atoms with E-state index in [1.165, 1.54) is 0 Å². The van der Waals surface area contributed by atoms with Crippen LogP contribution >= 0.6 is 0 Å². The Morgan fingerprint density at radius 3 is 2.81 bits per heavy atom. The minimum Gasteiger partial charge on any atom is -0.462 e. The molecule has 6 atom stereocenters. The second kappa shape index (κ2) is 9.11. The lowest BCUT2D eigenvalue weighted by molar-refractivity contribution is -0.144. The number of allylic oxidation sites excluding steroid dienone is 4. The summed E-state index contributed by atoms with van der Waals surface area (Å²) in [5.41, 5.74) is 3.73. The molecule has 0 spiro atoms. The van der Waals surface area contributed by atoms with Crippen LogP contribution in [-0.2, 0) is 9.53 Å². The first kappa shape index (κ1) is 21.4. The third-order valence-corrected chi connectivity index (χ3v) is 7.21. The van der Waals surface area contributed by atoms with Gasteiger partial charge in [0, 0.05) is 24.8 Å². The molecular weight excluding hydrogens is 388 g/mol. The number of nitrogens with one attached hydrogen (secondary N) is 1. The molecule has 1 saturated carbocycles. The minimum atomic E-state index is -0.0943. The SMILES string of the molecule is C[C@H]1C[C@H]2C(=O)O[C@H](C)[C@H]2[C@@H](/C=C/C2=CC=C(c3ccccc3C#N)CN2)C1CCO. The fraction of sp³-hybridized carbons (Fsp3) is 0.462. The summed E-state index contributed by atoms with van der Waals surface area (Å²) in [6.07, 6.45) is 9.90. The van der Waals surface area contributed by atoms with E-state index in [0.29, 0.717) is 23.9 Å². The highest BCUT2D eigenvalue weighted by Gasteiger charge is 2.52. The highest BCUT2D eigenvalue weighted by atomic mass is 16.6. The van der Waals surface area contributed by atoms with Gasteiger partial charge < -0.3 is 15.2 Å². The van der Waals surface area contributed by atoms with Crippen molar-refractivity contribution in [3.05, 3.63) is 65.4 Å². The van der Waals surface area contributed by atoms with Gasteiger partial charge in [-0.1, -0.05) is 37.3 Å². The molecule has 0 radical (unpaired) electrons. The lowest BCUT2D eigenvalue weighted by Crippen LogP contribution is -2.41. The smallest absolute Gasteiger partial charge is 0.309 e. The monoisotopic (exact) mass is 418 g/mol. The maximum absolute atomic E-state index is 12.4. The summed E-state index contributed by atoms with van der Waals surface area (Å²) < 4.78 is 5.59. The number of esters is 1. The van der Waals surface area contributed by atoms with Crippen LogP contribution in [0.3, 0.4) is 0 Å². The molecule has 1 aromatic rings. The van der Waals surface area contributed by atoms with E-state index in [0.717, 1.165) is 29.7 Å². The van der Waals surface area contributed by atoms with Gasteiger partial charge in [-0.25, -0.2) is 0 Å². The van der Waals surface area contributed by atoms with E-state index in [1.54, 1.807) is 0 Å². The molecule has 1 saturated heterocycles. The number of cyclic esters (lactones) is 1. The molecule has 2 heterocycles. The van der Waals surface area contributed by atoms with E-state index < -0.39 is 0 Å². The lowest BCUT2D eigenvalue weighted by Gasteiger charge is -2.42. The first-order valence-electron chi connectivity index (χ1n) is 11.2. The molecule has 5 heteroatoms. The van der Waals surface area contributed by atoms with Gasteiger partial charge in [-0.15, -0.1) is 0 Å². The Hall–Kier alpha value is -2.84. The number of aliphatic hydroxyl groups is 1. The first-order chi connectivity index (χ1) is 15.0. The number of nitriles is 1. The normalized spacial score (nSPS) is 32.5. The fourth-order valence-corrected chi connectivity index (χ4v) is 5.69. The third-order valence-electron chi connectivity index (χ3n) is 7.21. The molecular formula is C26H30N2O3. The molecule has 162 valence electrons. The van der Waals surface area contributed by atoms with Crippen molar-refractivity contribution in [1.82, 2.24) is 5.32 Å². The zero-order chi connectivity index (χ0) is 22.0. The maximum Gasteiger partial charge on any atom is 0.309 e. The Balaban J connectivity index is 1.57. The van der Waals surface area contributed by atoms with Crippen molar-refractivity contribution < 1.29 is 14.6 Å².